The van der Waals surface area contributed by atoms with Crippen LogP contribution >= 0.6 is 15.6 Å². The number of nitrogens with two attached hydrogens (primary N) is 1. The number of hydrogen-bond donors (Lipinski definition) is 6. The van der Waals surface area contributed by atoms with Crippen molar-refractivity contribution in [2.75, 3.05) is 25.6 Å². The van der Waals surface area contributed by atoms with E-state index in [0.717, 1.165) is 61.6 Å². The molecule has 0 aromatic carbocycles. The Hall–Kier alpha value is -3.32. The number of unbranched alkanes of at least 4 members (excludes halogenated alkanes) is 13. The number of phosphoric acid groups is 2. The molecule has 1 fully saturated rings. The Morgan fingerprint density at radius 3 is 2.06 bits per heavy atom. The second kappa shape index (κ2) is 36.6. The molecule has 21 heteroatoms. The van der Waals surface area contributed by atoms with Crippen LogP contribution in [0.1, 0.15) is 168 Å². The van der Waals surface area contributed by atoms with Gasteiger partial charge < -0.3 is 45.1 Å². The molecule has 2 rings (SSSR count). The van der Waals surface area contributed by atoms with Crippen molar-refractivity contribution in [2.24, 2.45) is 5.92 Å². The van der Waals surface area contributed by atoms with E-state index in [1.807, 2.05) is 12.2 Å². The first-order chi connectivity index (χ1) is 33.4. The van der Waals surface area contributed by atoms with E-state index in [0.29, 0.717) is 6.42 Å². The molecule has 1 aromatic rings. The summed E-state index contributed by atoms with van der Waals surface area (Å²) in [5.41, 5.74) is 4.57. The zero-order chi connectivity index (χ0) is 51.6. The molecule has 0 radical (unpaired) electrons. The maximum Gasteiger partial charge on any atom is 0.481 e. The summed E-state index contributed by atoms with van der Waals surface area (Å²) in [6, 6.07) is 1.24. The Kier molecular flexibility index (Phi) is 32.8. The number of allylic oxidation sites excluding steroid dienone is 7. The maximum atomic E-state index is 12.9. The van der Waals surface area contributed by atoms with E-state index in [2.05, 4.69) is 54.4 Å². The summed E-state index contributed by atoms with van der Waals surface area (Å²) in [4.78, 5) is 61.9. The van der Waals surface area contributed by atoms with Crippen LogP contribution in [0.15, 0.2) is 65.7 Å². The molecule has 0 amide bonds. The highest BCUT2D eigenvalue weighted by atomic mass is 31.3. The third-order valence-electron chi connectivity index (χ3n) is 11.2. The van der Waals surface area contributed by atoms with Crippen LogP contribution in [0.2, 0.25) is 0 Å². The third-order valence-corrected chi connectivity index (χ3v) is 13.8. The van der Waals surface area contributed by atoms with Crippen molar-refractivity contribution in [3.05, 3.63) is 71.4 Å². The Balaban J connectivity index is 1.86. The first kappa shape index (κ1) is 62.8. The minimum absolute atomic E-state index is 0.00998. The quantitative estimate of drug-likeness (QED) is 0.0117. The molecule has 2 unspecified atom stereocenters. The van der Waals surface area contributed by atoms with Crippen LogP contribution in [0.4, 0.5) is 5.82 Å². The van der Waals surface area contributed by atoms with Gasteiger partial charge in [0.05, 0.1) is 19.3 Å². The van der Waals surface area contributed by atoms with Gasteiger partial charge in [0, 0.05) is 19.0 Å². The minimum atomic E-state index is -5.46. The lowest BCUT2D eigenvalue weighted by Gasteiger charge is -2.21. The SMILES string of the molecule is CCCCC/C=C\C/C=C\C/C=C\C=C\[C@@H](O)CCCC(=O)OC[C@H](COP(=O)(O)OP(=O)(O)OC[C@H]1O[C@@H](n2ccc(N)nc2=O)[C@H](O)[C@@H]1O)OC(=O)CCCCCCCCCCCCCC(C)C. The Morgan fingerprint density at radius 2 is 1.40 bits per heavy atom. The Morgan fingerprint density at radius 1 is 0.786 bits per heavy atom. The first-order valence-electron chi connectivity index (χ1n) is 25.1. The van der Waals surface area contributed by atoms with E-state index in [1.165, 1.54) is 70.3 Å². The van der Waals surface area contributed by atoms with Crippen molar-refractivity contribution in [2.45, 2.75) is 199 Å². The first-order valence-corrected chi connectivity index (χ1v) is 28.1. The molecule has 1 aliphatic heterocycles. The van der Waals surface area contributed by atoms with Crippen molar-refractivity contribution in [3.8, 4) is 0 Å². The topological polar surface area (TPSA) is 286 Å². The van der Waals surface area contributed by atoms with Crippen LogP contribution in [0, 0.1) is 5.92 Å². The van der Waals surface area contributed by atoms with Crippen molar-refractivity contribution < 1.29 is 71.4 Å². The van der Waals surface area contributed by atoms with Crippen molar-refractivity contribution in [1.29, 1.82) is 0 Å². The van der Waals surface area contributed by atoms with E-state index < -0.39 is 89.8 Å². The molecule has 0 spiro atoms. The number of anilines is 1. The Labute approximate surface area is 414 Å². The number of esters is 2. The zero-order valence-electron chi connectivity index (χ0n) is 41.6. The average Bonchev–Trinajstić information content (AvgIpc) is 3.58. The number of ether oxygens (including phenoxy) is 3. The molecule has 19 nitrogen and oxygen atoms in total. The molecule has 2 heterocycles. The number of carbonyl (C=O) groups is 2. The molecular formula is C49H83N3O16P2. The van der Waals surface area contributed by atoms with Gasteiger partial charge in [0.15, 0.2) is 12.3 Å². The molecular weight excluding hydrogens is 948 g/mol. The molecule has 0 bridgehead atoms. The summed E-state index contributed by atoms with van der Waals surface area (Å²) in [5.74, 6) is -0.756. The lowest BCUT2D eigenvalue weighted by molar-refractivity contribution is -0.161. The fourth-order valence-corrected chi connectivity index (χ4v) is 9.36. The van der Waals surface area contributed by atoms with E-state index in [1.54, 1.807) is 12.2 Å². The van der Waals surface area contributed by atoms with Gasteiger partial charge in [-0.2, -0.15) is 9.29 Å². The summed E-state index contributed by atoms with van der Waals surface area (Å²) in [6.45, 7) is 4.22. The van der Waals surface area contributed by atoms with Gasteiger partial charge in [0.1, 0.15) is 30.7 Å². The largest absolute Gasteiger partial charge is 0.481 e. The summed E-state index contributed by atoms with van der Waals surface area (Å²) in [6.07, 6.45) is 28.1. The predicted octanol–water partition coefficient (Wildman–Crippen LogP) is 8.99. The number of aliphatic hydroxyl groups is 3. The van der Waals surface area contributed by atoms with Crippen LogP contribution in [-0.2, 0) is 46.3 Å². The molecule has 1 aromatic heterocycles. The van der Waals surface area contributed by atoms with Gasteiger partial charge in [0.2, 0.25) is 0 Å². The van der Waals surface area contributed by atoms with Gasteiger partial charge >= 0.3 is 33.3 Å². The smallest absolute Gasteiger partial charge is 0.462 e. The van der Waals surface area contributed by atoms with E-state index >= 15 is 0 Å². The zero-order valence-corrected chi connectivity index (χ0v) is 43.4. The molecule has 0 aliphatic carbocycles. The second-order valence-corrected chi connectivity index (χ2v) is 21.0. The van der Waals surface area contributed by atoms with Crippen LogP contribution in [-0.4, -0.2) is 96.9 Å². The molecule has 8 atom stereocenters. The van der Waals surface area contributed by atoms with Crippen molar-refractivity contribution in [1.82, 2.24) is 9.55 Å². The lowest BCUT2D eigenvalue weighted by Crippen LogP contribution is -2.36. The van der Waals surface area contributed by atoms with Crippen molar-refractivity contribution in [3.63, 3.8) is 0 Å². The summed E-state index contributed by atoms with van der Waals surface area (Å²) >= 11 is 0. The van der Waals surface area contributed by atoms with Crippen molar-refractivity contribution >= 4 is 33.4 Å². The normalized spacial score (nSPS) is 20.2. The van der Waals surface area contributed by atoms with E-state index in [-0.39, 0.29) is 31.5 Å². The third kappa shape index (κ3) is 29.9. The average molecular weight is 1030 g/mol. The summed E-state index contributed by atoms with van der Waals surface area (Å²) < 4.78 is 56.6. The molecule has 1 aliphatic rings. The van der Waals surface area contributed by atoms with Gasteiger partial charge in [-0.3, -0.25) is 23.2 Å². The highest BCUT2D eigenvalue weighted by Crippen LogP contribution is 2.60. The van der Waals surface area contributed by atoms with Gasteiger partial charge in [-0.25, -0.2) is 13.9 Å². The minimum Gasteiger partial charge on any atom is -0.462 e. The van der Waals surface area contributed by atoms with Gasteiger partial charge in [0.25, 0.3) is 0 Å². The Bertz CT molecular complexity index is 1890. The fraction of sp³-hybridized carbons (Fsp3) is 0.714. The van der Waals surface area contributed by atoms with Crippen LogP contribution in [0.25, 0.3) is 0 Å². The molecule has 0 saturated carbocycles. The standard InChI is InChI=1S/C49H83N3O16P2/c1-4-5-6-7-8-9-10-11-14-17-20-23-26-30-40(53)31-28-33-44(54)63-36-41(66-45(55)32-27-24-21-18-15-12-13-16-19-22-25-29-39(2)3)37-64-69(59,60)68-70(61,62)65-38-42-46(56)47(57)48(67-42)52-35-34-43(50)51-49(52)58/h8-9,11,14,20,23,26,30,34-35,39-42,46-48,53,56-57H,4-7,10,12-13,15-19,21-22,24-25,27-29,31-33,36-38H2,1-3H3,(H,59,60)(H,61,62)(H2,50,51,58)/b9-8-,14-11-,23-20-,30-26+/t40-,41-,42-,46-,47-,48-/m1/s1. The molecule has 7 N–H and O–H groups in total. The number of hydrogen-bond acceptors (Lipinski definition) is 16. The fourth-order valence-electron chi connectivity index (χ4n) is 7.25. The number of phosphoric ester groups is 2. The number of aromatic nitrogens is 2. The van der Waals surface area contributed by atoms with Crippen LogP contribution in [0.5, 0.6) is 0 Å². The monoisotopic (exact) mass is 1030 g/mol. The number of rotatable bonds is 40. The number of nitrogen functional groups attached to an aromatic ring is 1. The predicted molar refractivity (Wildman–Crippen MR) is 267 cm³/mol. The van der Waals surface area contributed by atoms with Gasteiger partial charge in [-0.05, 0) is 56.9 Å². The van der Waals surface area contributed by atoms with Gasteiger partial charge in [-0.1, -0.05) is 153 Å². The number of carbonyl (C=O) groups excluding carboxylic acids is 2. The number of nitrogens with zero attached hydrogens (tertiary/aromatic N) is 2. The molecule has 1 saturated heterocycles. The summed E-state index contributed by atoms with van der Waals surface area (Å²) in [7, 11) is -10.9. The molecule has 70 heavy (non-hydrogen) atoms. The van der Waals surface area contributed by atoms with Crippen LogP contribution in [0.3, 0.4) is 0 Å². The highest BCUT2D eigenvalue weighted by molar-refractivity contribution is 7.61. The van der Waals surface area contributed by atoms with Crippen LogP contribution < -0.4 is 11.4 Å². The van der Waals surface area contributed by atoms with E-state index in [9.17, 15) is 48.6 Å². The summed E-state index contributed by atoms with van der Waals surface area (Å²) in [5, 5.41) is 31.2. The maximum absolute atomic E-state index is 12.9. The lowest BCUT2D eigenvalue weighted by atomic mass is 10.0. The molecule has 400 valence electrons. The number of aliphatic hydroxyl groups excluding tert-OH is 3. The highest BCUT2D eigenvalue weighted by Gasteiger charge is 2.46. The van der Waals surface area contributed by atoms with Gasteiger partial charge in [-0.15, -0.1) is 0 Å². The van der Waals surface area contributed by atoms with E-state index in [4.69, 9.17) is 29.0 Å². The second-order valence-electron chi connectivity index (χ2n) is 18.0.